The molecule has 1 aromatic carbocycles. The van der Waals surface area contributed by atoms with Gasteiger partial charge >= 0.3 is 5.97 Å². The molecule has 1 aliphatic heterocycles. The highest BCUT2D eigenvalue weighted by Crippen LogP contribution is 2.25. The molecule has 1 unspecified atom stereocenters. The van der Waals surface area contributed by atoms with Crippen LogP contribution in [-0.2, 0) is 4.79 Å². The van der Waals surface area contributed by atoms with Gasteiger partial charge in [-0.3, -0.25) is 0 Å². The van der Waals surface area contributed by atoms with Crippen molar-refractivity contribution in [2.24, 2.45) is 5.92 Å². The summed E-state index contributed by atoms with van der Waals surface area (Å²) >= 11 is 0. The number of rotatable bonds is 5. The lowest BCUT2D eigenvalue weighted by molar-refractivity contribution is -0.131. The highest BCUT2D eigenvalue weighted by atomic mass is 16.4. The Hall–Kier alpha value is -1.81. The Morgan fingerprint density at radius 3 is 2.90 bits per heavy atom. The Labute approximate surface area is 126 Å². The maximum Gasteiger partial charge on any atom is 0.328 e. The summed E-state index contributed by atoms with van der Waals surface area (Å²) in [5, 5.41) is 8.83. The van der Waals surface area contributed by atoms with E-state index in [1.165, 1.54) is 12.5 Å². The number of nitrogens with zero attached hydrogens (tertiary/aromatic N) is 2. The van der Waals surface area contributed by atoms with E-state index in [1.807, 2.05) is 13.0 Å². The lowest BCUT2D eigenvalue weighted by Gasteiger charge is -2.25. The van der Waals surface area contributed by atoms with Crippen molar-refractivity contribution in [3.8, 4) is 0 Å². The molecule has 0 bridgehead atoms. The first kappa shape index (κ1) is 15.6. The number of benzene rings is 1. The van der Waals surface area contributed by atoms with E-state index in [0.717, 1.165) is 36.4 Å². The standard InChI is InChI=1S/C17H24N2O2/c1-13-4-6-16(15(10-13)5-7-17(20)21)19(3)12-14-8-9-18(2)11-14/h4-7,10,14H,8-9,11-12H2,1-3H3,(H,20,21)/b7-5+. The summed E-state index contributed by atoms with van der Waals surface area (Å²) in [4.78, 5) is 15.3. The molecule has 1 aromatic rings. The monoisotopic (exact) mass is 288 g/mol. The SMILES string of the molecule is Cc1ccc(N(C)CC2CCN(C)C2)c(/C=C/C(=O)O)c1. The lowest BCUT2D eigenvalue weighted by atomic mass is 10.1. The molecule has 114 valence electrons. The van der Waals surface area contributed by atoms with E-state index in [0.29, 0.717) is 5.92 Å². The molecule has 1 heterocycles. The lowest BCUT2D eigenvalue weighted by Crippen LogP contribution is -2.27. The second kappa shape index (κ2) is 6.76. The fourth-order valence-electron chi connectivity index (χ4n) is 2.98. The van der Waals surface area contributed by atoms with Crippen LogP contribution in [0.4, 0.5) is 5.69 Å². The van der Waals surface area contributed by atoms with Crippen LogP contribution in [0.1, 0.15) is 17.5 Å². The Balaban J connectivity index is 2.15. The maximum absolute atomic E-state index is 10.7. The minimum absolute atomic E-state index is 0.678. The van der Waals surface area contributed by atoms with Gasteiger partial charge in [0.25, 0.3) is 0 Å². The van der Waals surface area contributed by atoms with Crippen LogP contribution in [0.15, 0.2) is 24.3 Å². The zero-order chi connectivity index (χ0) is 15.4. The second-order valence-electron chi connectivity index (χ2n) is 6.03. The predicted octanol–water partition coefficient (Wildman–Crippen LogP) is 2.48. The Morgan fingerprint density at radius 2 is 2.29 bits per heavy atom. The summed E-state index contributed by atoms with van der Waals surface area (Å²) in [7, 11) is 4.24. The zero-order valence-corrected chi connectivity index (χ0v) is 13.0. The van der Waals surface area contributed by atoms with Gasteiger partial charge in [-0.05, 0) is 56.6 Å². The molecule has 1 atom stereocenters. The third-order valence-electron chi connectivity index (χ3n) is 4.02. The van der Waals surface area contributed by atoms with E-state index in [4.69, 9.17) is 5.11 Å². The molecule has 1 saturated heterocycles. The number of carbonyl (C=O) groups is 1. The first-order chi connectivity index (χ1) is 9.95. The topological polar surface area (TPSA) is 43.8 Å². The van der Waals surface area contributed by atoms with Gasteiger partial charge in [0.05, 0.1) is 0 Å². The fraction of sp³-hybridized carbons (Fsp3) is 0.471. The molecule has 1 aliphatic rings. The third kappa shape index (κ3) is 4.33. The number of aryl methyl sites for hydroxylation is 1. The molecule has 21 heavy (non-hydrogen) atoms. The molecule has 4 nitrogen and oxygen atoms in total. The molecule has 0 amide bonds. The number of carboxylic acids is 1. The van der Waals surface area contributed by atoms with Gasteiger partial charge in [0.15, 0.2) is 0 Å². The summed E-state index contributed by atoms with van der Waals surface area (Å²) < 4.78 is 0. The average molecular weight is 288 g/mol. The van der Waals surface area contributed by atoms with Crippen molar-refractivity contribution in [3.63, 3.8) is 0 Å². The van der Waals surface area contributed by atoms with Crippen molar-refractivity contribution in [2.75, 3.05) is 38.6 Å². The van der Waals surface area contributed by atoms with Crippen molar-refractivity contribution in [3.05, 3.63) is 35.4 Å². The summed E-state index contributed by atoms with van der Waals surface area (Å²) in [6.07, 6.45) is 4.12. The van der Waals surface area contributed by atoms with E-state index < -0.39 is 5.97 Å². The first-order valence-corrected chi connectivity index (χ1v) is 7.37. The molecule has 0 aromatic heterocycles. The highest BCUT2D eigenvalue weighted by Gasteiger charge is 2.21. The molecular formula is C17H24N2O2. The fourth-order valence-corrected chi connectivity index (χ4v) is 2.98. The van der Waals surface area contributed by atoms with E-state index in [2.05, 4.69) is 36.0 Å². The van der Waals surface area contributed by atoms with Crippen LogP contribution in [0, 0.1) is 12.8 Å². The minimum Gasteiger partial charge on any atom is -0.478 e. The zero-order valence-electron chi connectivity index (χ0n) is 13.0. The molecule has 1 N–H and O–H groups in total. The van der Waals surface area contributed by atoms with E-state index in [9.17, 15) is 4.79 Å². The molecular weight excluding hydrogens is 264 g/mol. The van der Waals surface area contributed by atoms with Crippen molar-refractivity contribution in [2.45, 2.75) is 13.3 Å². The van der Waals surface area contributed by atoms with E-state index >= 15 is 0 Å². The molecule has 1 fully saturated rings. The van der Waals surface area contributed by atoms with Crippen LogP contribution in [0.3, 0.4) is 0 Å². The van der Waals surface area contributed by atoms with Gasteiger partial charge in [-0.1, -0.05) is 11.6 Å². The molecule has 0 spiro atoms. The van der Waals surface area contributed by atoms with Crippen LogP contribution in [0.2, 0.25) is 0 Å². The summed E-state index contributed by atoms with van der Waals surface area (Å²) in [6.45, 7) is 5.32. The molecule has 0 aliphatic carbocycles. The average Bonchev–Trinajstić information content (AvgIpc) is 2.81. The number of carboxylic acid groups (broad SMARTS) is 1. The minimum atomic E-state index is -0.914. The van der Waals surface area contributed by atoms with Gasteiger partial charge in [-0.2, -0.15) is 0 Å². The Morgan fingerprint density at radius 1 is 1.52 bits per heavy atom. The van der Waals surface area contributed by atoms with Crippen molar-refractivity contribution >= 4 is 17.7 Å². The van der Waals surface area contributed by atoms with Crippen LogP contribution in [0.25, 0.3) is 6.08 Å². The Kier molecular flexibility index (Phi) is 5.02. The van der Waals surface area contributed by atoms with Crippen LogP contribution >= 0.6 is 0 Å². The third-order valence-corrected chi connectivity index (χ3v) is 4.02. The Bertz CT molecular complexity index is 540. The summed E-state index contributed by atoms with van der Waals surface area (Å²) in [5.41, 5.74) is 3.19. The summed E-state index contributed by atoms with van der Waals surface area (Å²) in [5.74, 6) is -0.236. The molecule has 2 rings (SSSR count). The number of aliphatic carboxylic acids is 1. The van der Waals surface area contributed by atoms with Crippen molar-refractivity contribution in [1.82, 2.24) is 4.90 Å². The number of likely N-dealkylation sites (tertiary alicyclic amines) is 1. The van der Waals surface area contributed by atoms with E-state index in [-0.39, 0.29) is 0 Å². The highest BCUT2D eigenvalue weighted by molar-refractivity contribution is 5.87. The number of hydrogen-bond acceptors (Lipinski definition) is 3. The number of hydrogen-bond donors (Lipinski definition) is 1. The van der Waals surface area contributed by atoms with Gasteiger partial charge in [-0.15, -0.1) is 0 Å². The molecule has 0 radical (unpaired) electrons. The van der Waals surface area contributed by atoms with E-state index in [1.54, 1.807) is 6.08 Å². The van der Waals surface area contributed by atoms with Crippen molar-refractivity contribution in [1.29, 1.82) is 0 Å². The van der Waals surface area contributed by atoms with Gasteiger partial charge < -0.3 is 14.9 Å². The van der Waals surface area contributed by atoms with Crippen LogP contribution in [-0.4, -0.2) is 49.7 Å². The normalized spacial score (nSPS) is 19.3. The predicted molar refractivity (Wildman–Crippen MR) is 86.7 cm³/mol. The van der Waals surface area contributed by atoms with Gasteiger partial charge in [-0.25, -0.2) is 4.79 Å². The van der Waals surface area contributed by atoms with Gasteiger partial charge in [0, 0.05) is 31.9 Å². The maximum atomic E-state index is 10.7. The smallest absolute Gasteiger partial charge is 0.328 e. The van der Waals surface area contributed by atoms with Gasteiger partial charge in [0.1, 0.15) is 0 Å². The molecule has 4 heteroatoms. The number of anilines is 1. The first-order valence-electron chi connectivity index (χ1n) is 7.37. The quantitative estimate of drug-likeness (QED) is 0.845. The second-order valence-corrected chi connectivity index (χ2v) is 6.03. The molecule has 0 saturated carbocycles. The van der Waals surface area contributed by atoms with Crippen molar-refractivity contribution < 1.29 is 9.90 Å². The largest absolute Gasteiger partial charge is 0.478 e. The summed E-state index contributed by atoms with van der Waals surface area (Å²) in [6, 6.07) is 6.19. The van der Waals surface area contributed by atoms with Gasteiger partial charge in [0.2, 0.25) is 0 Å². The van der Waals surface area contributed by atoms with Crippen LogP contribution in [0.5, 0.6) is 0 Å². The van der Waals surface area contributed by atoms with Crippen LogP contribution < -0.4 is 4.90 Å².